The van der Waals surface area contributed by atoms with Crippen LogP contribution in [0.2, 0.25) is 0 Å². The highest BCUT2D eigenvalue weighted by atomic mass is 19.4. The molecule has 0 aliphatic rings. The molecule has 2 aromatic carbocycles. The van der Waals surface area contributed by atoms with E-state index in [4.69, 9.17) is 0 Å². The number of hydrogen-bond donors (Lipinski definition) is 1. The van der Waals surface area contributed by atoms with Crippen molar-refractivity contribution >= 4 is 11.8 Å². The number of carbonyl (C=O) groups excluding carboxylic acids is 1. The monoisotopic (exact) mass is 385 g/mol. The maximum atomic E-state index is 13.4. The summed E-state index contributed by atoms with van der Waals surface area (Å²) in [7, 11) is 0. The van der Waals surface area contributed by atoms with Gasteiger partial charge < -0.3 is 4.74 Å². The Morgan fingerprint density at radius 3 is 1.77 bits per heavy atom. The van der Waals surface area contributed by atoms with E-state index in [0.29, 0.717) is 12.1 Å². The summed E-state index contributed by atoms with van der Waals surface area (Å²) in [5, 5.41) is 1.36. The van der Waals surface area contributed by atoms with Crippen LogP contribution in [0.15, 0.2) is 24.3 Å². The standard InChI is InChI=1S/C15H7F8NO2/c16-8-9(17)11(19)13(12(20)10(8)18)24-14(25)26-5-6-1-3-7(4-2-6)15(21,22)23/h1-4H,5H2,(H,24,25). The summed E-state index contributed by atoms with van der Waals surface area (Å²) < 4.78 is 107. The first kappa shape index (κ1) is 19.5. The second-order valence-corrected chi connectivity index (χ2v) is 4.84. The van der Waals surface area contributed by atoms with Crippen LogP contribution in [0.3, 0.4) is 0 Å². The van der Waals surface area contributed by atoms with E-state index >= 15 is 0 Å². The summed E-state index contributed by atoms with van der Waals surface area (Å²) in [4.78, 5) is 11.4. The van der Waals surface area contributed by atoms with Crippen molar-refractivity contribution in [2.75, 3.05) is 5.32 Å². The molecule has 26 heavy (non-hydrogen) atoms. The number of halogens is 8. The number of rotatable bonds is 3. The van der Waals surface area contributed by atoms with E-state index in [1.165, 1.54) is 5.32 Å². The van der Waals surface area contributed by atoms with E-state index in [9.17, 15) is 39.9 Å². The molecule has 2 aromatic rings. The summed E-state index contributed by atoms with van der Waals surface area (Å²) >= 11 is 0. The quantitative estimate of drug-likeness (QED) is 0.451. The van der Waals surface area contributed by atoms with E-state index in [1.807, 2.05) is 0 Å². The van der Waals surface area contributed by atoms with Gasteiger partial charge in [-0.25, -0.2) is 26.7 Å². The Bertz CT molecular complexity index is 804. The molecule has 140 valence electrons. The molecule has 2 rings (SSSR count). The zero-order chi connectivity index (χ0) is 19.6. The highest BCUT2D eigenvalue weighted by Gasteiger charge is 2.30. The Morgan fingerprint density at radius 1 is 0.846 bits per heavy atom. The second kappa shape index (κ2) is 7.18. The van der Waals surface area contributed by atoms with Crippen molar-refractivity contribution < 1.29 is 44.7 Å². The first-order valence-corrected chi connectivity index (χ1v) is 6.63. The highest BCUT2D eigenvalue weighted by Crippen LogP contribution is 2.29. The molecule has 1 N–H and O–H groups in total. The van der Waals surface area contributed by atoms with Gasteiger partial charge in [-0.2, -0.15) is 13.2 Å². The number of ether oxygens (including phenoxy) is 1. The first-order valence-electron chi connectivity index (χ1n) is 6.63. The smallest absolute Gasteiger partial charge is 0.416 e. The minimum Gasteiger partial charge on any atom is -0.444 e. The molecule has 0 bridgehead atoms. The van der Waals surface area contributed by atoms with E-state index in [2.05, 4.69) is 4.74 Å². The number of anilines is 1. The topological polar surface area (TPSA) is 38.3 Å². The normalized spacial score (nSPS) is 11.4. The van der Waals surface area contributed by atoms with Gasteiger partial charge >= 0.3 is 12.3 Å². The Labute approximate surface area is 140 Å². The summed E-state index contributed by atoms with van der Waals surface area (Å²) in [6.45, 7) is -0.612. The minimum atomic E-state index is -4.57. The van der Waals surface area contributed by atoms with E-state index in [0.717, 1.165) is 12.1 Å². The Balaban J connectivity index is 2.06. The maximum Gasteiger partial charge on any atom is 0.416 e. The van der Waals surface area contributed by atoms with Crippen molar-refractivity contribution in [3.8, 4) is 0 Å². The fraction of sp³-hybridized carbons (Fsp3) is 0.133. The molecule has 3 nitrogen and oxygen atoms in total. The third-order valence-electron chi connectivity index (χ3n) is 3.09. The van der Waals surface area contributed by atoms with E-state index in [1.54, 1.807) is 0 Å². The third-order valence-corrected chi connectivity index (χ3v) is 3.09. The molecule has 11 heteroatoms. The minimum absolute atomic E-state index is 0.0885. The second-order valence-electron chi connectivity index (χ2n) is 4.84. The molecule has 0 saturated carbocycles. The molecule has 0 aliphatic heterocycles. The molecule has 0 spiro atoms. The molecule has 0 saturated heterocycles. The van der Waals surface area contributed by atoms with Gasteiger partial charge in [0.05, 0.1) is 5.56 Å². The molecule has 0 unspecified atom stereocenters. The van der Waals surface area contributed by atoms with Gasteiger partial charge in [-0.1, -0.05) is 12.1 Å². The Hall–Kier alpha value is -2.85. The number of alkyl halides is 3. The lowest BCUT2D eigenvalue weighted by Gasteiger charge is -2.11. The number of benzene rings is 2. The van der Waals surface area contributed by atoms with E-state index < -0.39 is 59.2 Å². The Kier molecular flexibility index (Phi) is 5.38. The van der Waals surface area contributed by atoms with Crippen LogP contribution in [-0.4, -0.2) is 6.09 Å². The van der Waals surface area contributed by atoms with Gasteiger partial charge in [-0.3, -0.25) is 5.32 Å². The predicted octanol–water partition coefficient (Wildman–Crippen LogP) is 5.15. The molecule has 0 heterocycles. The zero-order valence-corrected chi connectivity index (χ0v) is 12.4. The zero-order valence-electron chi connectivity index (χ0n) is 12.4. The summed E-state index contributed by atoms with van der Waals surface area (Å²) in [6, 6.07) is 3.38. The lowest BCUT2D eigenvalue weighted by Crippen LogP contribution is -2.18. The fourth-order valence-electron chi connectivity index (χ4n) is 1.79. The summed E-state index contributed by atoms with van der Waals surface area (Å²) in [5.74, 6) is -11.5. The van der Waals surface area contributed by atoms with Crippen LogP contribution in [-0.2, 0) is 17.5 Å². The molecule has 0 fully saturated rings. The van der Waals surface area contributed by atoms with E-state index in [-0.39, 0.29) is 5.56 Å². The van der Waals surface area contributed by atoms with Crippen LogP contribution in [0, 0.1) is 29.1 Å². The number of hydrogen-bond acceptors (Lipinski definition) is 2. The van der Waals surface area contributed by atoms with Crippen molar-refractivity contribution in [3.05, 3.63) is 64.5 Å². The molecule has 0 atom stereocenters. The number of carbonyl (C=O) groups is 1. The first-order chi connectivity index (χ1) is 12.0. The summed E-state index contributed by atoms with van der Waals surface area (Å²) in [6.07, 6.45) is -6.14. The highest BCUT2D eigenvalue weighted by molar-refractivity contribution is 5.85. The molecular formula is C15H7F8NO2. The average molecular weight is 385 g/mol. The van der Waals surface area contributed by atoms with Gasteiger partial charge in [-0.15, -0.1) is 0 Å². The van der Waals surface area contributed by atoms with Crippen LogP contribution < -0.4 is 5.32 Å². The van der Waals surface area contributed by atoms with Crippen molar-refractivity contribution in [3.63, 3.8) is 0 Å². The molecule has 0 radical (unpaired) electrons. The van der Waals surface area contributed by atoms with Crippen LogP contribution in [0.5, 0.6) is 0 Å². The van der Waals surface area contributed by atoms with Gasteiger partial charge in [0.15, 0.2) is 23.3 Å². The number of amides is 1. The van der Waals surface area contributed by atoms with Crippen molar-refractivity contribution in [2.24, 2.45) is 0 Å². The van der Waals surface area contributed by atoms with Crippen LogP contribution in [0.25, 0.3) is 0 Å². The average Bonchev–Trinajstić information content (AvgIpc) is 2.60. The molecule has 0 aliphatic carbocycles. The van der Waals surface area contributed by atoms with Gasteiger partial charge in [0.1, 0.15) is 12.3 Å². The van der Waals surface area contributed by atoms with Crippen LogP contribution >= 0.6 is 0 Å². The maximum absolute atomic E-state index is 13.4. The van der Waals surface area contributed by atoms with Gasteiger partial charge in [0, 0.05) is 0 Å². The third kappa shape index (κ3) is 4.03. The van der Waals surface area contributed by atoms with Crippen molar-refractivity contribution in [1.29, 1.82) is 0 Å². The molecule has 0 aromatic heterocycles. The summed E-state index contributed by atoms with van der Waals surface area (Å²) in [5.41, 5.74) is -2.48. The van der Waals surface area contributed by atoms with Gasteiger partial charge in [0.25, 0.3) is 0 Å². The molecular weight excluding hydrogens is 378 g/mol. The number of nitrogens with one attached hydrogen (secondary N) is 1. The Morgan fingerprint density at radius 2 is 1.31 bits per heavy atom. The fourth-order valence-corrected chi connectivity index (χ4v) is 1.79. The SMILES string of the molecule is O=C(Nc1c(F)c(F)c(F)c(F)c1F)OCc1ccc(C(F)(F)F)cc1. The predicted molar refractivity (Wildman–Crippen MR) is 71.5 cm³/mol. The van der Waals surface area contributed by atoms with Gasteiger partial charge in [0.2, 0.25) is 5.82 Å². The van der Waals surface area contributed by atoms with Crippen LogP contribution in [0.4, 0.5) is 45.6 Å². The van der Waals surface area contributed by atoms with Crippen molar-refractivity contribution in [2.45, 2.75) is 12.8 Å². The largest absolute Gasteiger partial charge is 0.444 e. The van der Waals surface area contributed by atoms with Crippen molar-refractivity contribution in [1.82, 2.24) is 0 Å². The van der Waals surface area contributed by atoms with Gasteiger partial charge in [-0.05, 0) is 17.7 Å². The van der Waals surface area contributed by atoms with Crippen LogP contribution in [0.1, 0.15) is 11.1 Å². The molecule has 1 amide bonds. The lowest BCUT2D eigenvalue weighted by atomic mass is 10.1. The lowest BCUT2D eigenvalue weighted by molar-refractivity contribution is -0.137.